The number of carbonyl (C=O) groups is 1. The first kappa shape index (κ1) is 21.6. The number of hydrogen-bond donors (Lipinski definition) is 1. The number of ether oxygens (including phenoxy) is 4. The molecular weight excluding hydrogens is 412 g/mol. The van der Waals surface area contributed by atoms with E-state index in [2.05, 4.69) is 5.32 Å². The number of amides is 1. The number of methoxy groups -OCH3 is 1. The Hall–Kier alpha value is -3.14. The van der Waals surface area contributed by atoms with Crippen LogP contribution < -0.4 is 28.6 Å². The van der Waals surface area contributed by atoms with Gasteiger partial charge in [-0.1, -0.05) is 12.1 Å². The summed E-state index contributed by atoms with van der Waals surface area (Å²) in [6, 6.07) is 11.9. The van der Waals surface area contributed by atoms with Gasteiger partial charge in [0.15, 0.2) is 23.0 Å². The zero-order valence-electron chi connectivity index (χ0n) is 16.8. The molecule has 1 aliphatic heterocycles. The molecule has 0 atom stereocenters. The third-order valence-corrected chi connectivity index (χ3v) is 6.12. The van der Waals surface area contributed by atoms with E-state index in [0.717, 1.165) is 4.31 Å². The van der Waals surface area contributed by atoms with Gasteiger partial charge in [0, 0.05) is 6.07 Å². The number of hydrogen-bond acceptors (Lipinski definition) is 7. The van der Waals surface area contributed by atoms with E-state index in [-0.39, 0.29) is 32.2 Å². The summed E-state index contributed by atoms with van der Waals surface area (Å²) in [5, 5.41) is 2.67. The van der Waals surface area contributed by atoms with Gasteiger partial charge in [0.1, 0.15) is 13.2 Å². The second-order valence-corrected chi connectivity index (χ2v) is 8.48. The number of sulfonamides is 1. The molecule has 1 heterocycles. The highest BCUT2D eigenvalue weighted by molar-refractivity contribution is 7.92. The topological polar surface area (TPSA) is 103 Å². The Morgan fingerprint density at radius 1 is 1.13 bits per heavy atom. The number of para-hydroxylation sites is 2. The van der Waals surface area contributed by atoms with E-state index in [1.165, 1.54) is 6.92 Å². The summed E-state index contributed by atoms with van der Waals surface area (Å²) in [5.41, 5.74) is 0.335. The van der Waals surface area contributed by atoms with Gasteiger partial charge in [-0.05, 0) is 31.2 Å². The Labute approximate surface area is 175 Å². The van der Waals surface area contributed by atoms with Gasteiger partial charge in [-0.25, -0.2) is 8.42 Å². The molecule has 2 aromatic rings. The van der Waals surface area contributed by atoms with E-state index in [9.17, 15) is 13.2 Å². The lowest BCUT2D eigenvalue weighted by Gasteiger charge is -2.23. The first-order valence-electron chi connectivity index (χ1n) is 9.37. The van der Waals surface area contributed by atoms with Crippen molar-refractivity contribution < 1.29 is 32.2 Å². The predicted molar refractivity (Wildman–Crippen MR) is 111 cm³/mol. The number of benzene rings is 2. The third kappa shape index (κ3) is 5.07. The molecule has 9 nitrogen and oxygen atoms in total. The van der Waals surface area contributed by atoms with Crippen LogP contribution in [0.4, 0.5) is 5.69 Å². The Morgan fingerprint density at radius 2 is 1.87 bits per heavy atom. The molecule has 162 valence electrons. The minimum Gasteiger partial charge on any atom is -0.493 e. The van der Waals surface area contributed by atoms with Gasteiger partial charge in [-0.2, -0.15) is 0 Å². The average molecular weight is 436 g/mol. The Morgan fingerprint density at radius 3 is 2.60 bits per heavy atom. The van der Waals surface area contributed by atoms with E-state index in [1.807, 2.05) is 12.1 Å². The van der Waals surface area contributed by atoms with Crippen molar-refractivity contribution in [3.05, 3.63) is 42.5 Å². The summed E-state index contributed by atoms with van der Waals surface area (Å²) in [6.45, 7) is 1.65. The minimum atomic E-state index is -3.68. The summed E-state index contributed by atoms with van der Waals surface area (Å²) in [4.78, 5) is 12.4. The number of rotatable bonds is 10. The van der Waals surface area contributed by atoms with Gasteiger partial charge in [-0.3, -0.25) is 9.10 Å². The molecule has 0 aromatic heterocycles. The molecule has 0 unspecified atom stereocenters. The fourth-order valence-corrected chi connectivity index (χ4v) is 3.88. The summed E-state index contributed by atoms with van der Waals surface area (Å²) >= 11 is 0. The van der Waals surface area contributed by atoms with Gasteiger partial charge in [0.25, 0.3) is 0 Å². The van der Waals surface area contributed by atoms with Crippen molar-refractivity contribution in [1.29, 1.82) is 0 Å². The lowest BCUT2D eigenvalue weighted by molar-refractivity contribution is -0.119. The average Bonchev–Trinajstić information content (AvgIpc) is 3.23. The maximum absolute atomic E-state index is 12.6. The van der Waals surface area contributed by atoms with Crippen molar-refractivity contribution >= 4 is 21.6 Å². The Bertz CT molecular complexity index is 994. The standard InChI is InChI=1S/C20H24N2O7S/c1-3-30(24,25)22(15-8-9-18-19(12-15)29-14-28-18)13-20(23)21-10-11-27-17-7-5-4-6-16(17)26-2/h4-9,12H,3,10-11,13-14H2,1-2H3,(H,21,23). The molecule has 0 saturated heterocycles. The summed E-state index contributed by atoms with van der Waals surface area (Å²) in [7, 11) is -2.14. The van der Waals surface area contributed by atoms with Crippen LogP contribution in [0.15, 0.2) is 42.5 Å². The second kappa shape index (κ2) is 9.57. The molecular formula is C20H24N2O7S. The van der Waals surface area contributed by atoms with E-state index in [1.54, 1.807) is 37.4 Å². The molecule has 0 fully saturated rings. The van der Waals surface area contributed by atoms with Crippen LogP contribution in [0.1, 0.15) is 6.92 Å². The molecule has 0 radical (unpaired) electrons. The van der Waals surface area contributed by atoms with Crippen molar-refractivity contribution in [3.63, 3.8) is 0 Å². The van der Waals surface area contributed by atoms with Crippen LogP contribution in [0.3, 0.4) is 0 Å². The predicted octanol–water partition coefficient (Wildman–Crippen LogP) is 1.78. The van der Waals surface area contributed by atoms with Crippen molar-refractivity contribution in [3.8, 4) is 23.0 Å². The lowest BCUT2D eigenvalue weighted by Crippen LogP contribution is -2.42. The molecule has 1 aliphatic rings. The minimum absolute atomic E-state index is 0.0754. The van der Waals surface area contributed by atoms with E-state index in [4.69, 9.17) is 18.9 Å². The molecule has 1 amide bonds. The molecule has 0 spiro atoms. The molecule has 0 aliphatic carbocycles. The normalized spacial score (nSPS) is 12.3. The van der Waals surface area contributed by atoms with Crippen molar-refractivity contribution in [1.82, 2.24) is 5.32 Å². The highest BCUT2D eigenvalue weighted by atomic mass is 32.2. The van der Waals surface area contributed by atoms with Crippen LogP contribution in [0.25, 0.3) is 0 Å². The highest BCUT2D eigenvalue weighted by Crippen LogP contribution is 2.36. The fourth-order valence-electron chi connectivity index (χ4n) is 2.82. The maximum Gasteiger partial charge on any atom is 0.240 e. The van der Waals surface area contributed by atoms with Crippen LogP contribution in [0, 0.1) is 0 Å². The van der Waals surface area contributed by atoms with Gasteiger partial charge in [0.2, 0.25) is 22.7 Å². The Balaban J connectivity index is 1.60. The van der Waals surface area contributed by atoms with Crippen LogP contribution in [0.2, 0.25) is 0 Å². The first-order valence-corrected chi connectivity index (χ1v) is 11.0. The Kier molecular flexibility index (Phi) is 6.88. The van der Waals surface area contributed by atoms with Gasteiger partial charge in [-0.15, -0.1) is 0 Å². The zero-order chi connectivity index (χ0) is 21.6. The molecule has 1 N–H and O–H groups in total. The van der Waals surface area contributed by atoms with E-state index < -0.39 is 15.9 Å². The number of nitrogens with zero attached hydrogens (tertiary/aromatic N) is 1. The highest BCUT2D eigenvalue weighted by Gasteiger charge is 2.25. The molecule has 0 bridgehead atoms. The number of fused-ring (bicyclic) bond motifs is 1. The number of nitrogens with one attached hydrogen (secondary N) is 1. The van der Waals surface area contributed by atoms with Crippen LogP contribution in [0.5, 0.6) is 23.0 Å². The quantitative estimate of drug-likeness (QED) is 0.566. The molecule has 0 saturated carbocycles. The molecule has 10 heteroatoms. The van der Waals surface area contributed by atoms with Crippen molar-refractivity contribution in [2.24, 2.45) is 0 Å². The van der Waals surface area contributed by atoms with Crippen molar-refractivity contribution in [2.75, 3.05) is 43.7 Å². The van der Waals surface area contributed by atoms with Crippen LogP contribution in [-0.2, 0) is 14.8 Å². The largest absolute Gasteiger partial charge is 0.493 e. The summed E-state index contributed by atoms with van der Waals surface area (Å²) in [6.07, 6.45) is 0. The summed E-state index contributed by atoms with van der Waals surface area (Å²) in [5.74, 6) is 1.52. The third-order valence-electron chi connectivity index (χ3n) is 4.38. The molecule has 3 rings (SSSR count). The first-order chi connectivity index (χ1) is 14.4. The number of anilines is 1. The van der Waals surface area contributed by atoms with Crippen LogP contribution >= 0.6 is 0 Å². The van der Waals surface area contributed by atoms with E-state index in [0.29, 0.717) is 28.7 Å². The smallest absolute Gasteiger partial charge is 0.240 e. The lowest BCUT2D eigenvalue weighted by atomic mass is 10.3. The fraction of sp³-hybridized carbons (Fsp3) is 0.350. The maximum atomic E-state index is 12.6. The van der Waals surface area contributed by atoms with Gasteiger partial charge in [0.05, 0.1) is 25.1 Å². The summed E-state index contributed by atoms with van der Waals surface area (Å²) < 4.78 is 47.5. The van der Waals surface area contributed by atoms with Gasteiger partial charge >= 0.3 is 0 Å². The van der Waals surface area contributed by atoms with Gasteiger partial charge < -0.3 is 24.3 Å². The van der Waals surface area contributed by atoms with E-state index >= 15 is 0 Å². The molecule has 30 heavy (non-hydrogen) atoms. The number of carbonyl (C=O) groups excluding carboxylic acids is 1. The molecule has 2 aromatic carbocycles. The SMILES string of the molecule is CCS(=O)(=O)N(CC(=O)NCCOc1ccccc1OC)c1ccc2c(c1)OCO2. The second-order valence-electron chi connectivity index (χ2n) is 6.29. The zero-order valence-corrected chi connectivity index (χ0v) is 17.6. The van der Waals surface area contributed by atoms with Crippen molar-refractivity contribution in [2.45, 2.75) is 6.92 Å². The monoisotopic (exact) mass is 436 g/mol. The van der Waals surface area contributed by atoms with Crippen LogP contribution in [-0.4, -0.2) is 53.7 Å².